The van der Waals surface area contributed by atoms with Crippen LogP contribution in [0.2, 0.25) is 5.02 Å². The lowest BCUT2D eigenvalue weighted by atomic mass is 10.2. The number of thiocarbonyl (C=S) groups is 1. The third kappa shape index (κ3) is 5.79. The molecule has 1 heterocycles. The number of halogens is 1. The third-order valence-corrected chi connectivity index (χ3v) is 4.99. The van der Waals surface area contributed by atoms with Crippen LogP contribution in [0.15, 0.2) is 54.6 Å². The van der Waals surface area contributed by atoms with Crippen LogP contribution in [0.5, 0.6) is 0 Å². The summed E-state index contributed by atoms with van der Waals surface area (Å²) < 4.78 is 0. The lowest BCUT2D eigenvalue weighted by Gasteiger charge is -2.35. The van der Waals surface area contributed by atoms with Crippen LogP contribution in [-0.4, -0.2) is 49.1 Å². The second-order valence-corrected chi connectivity index (χ2v) is 7.48. The zero-order valence-electron chi connectivity index (χ0n) is 15.7. The molecule has 0 atom stereocenters. The van der Waals surface area contributed by atoms with E-state index >= 15 is 0 Å². The van der Waals surface area contributed by atoms with Crippen molar-refractivity contribution in [1.29, 1.82) is 0 Å². The predicted octanol–water partition coefficient (Wildman–Crippen LogP) is 3.62. The Morgan fingerprint density at radius 1 is 1.07 bits per heavy atom. The van der Waals surface area contributed by atoms with Crippen LogP contribution in [0.25, 0.3) is 6.08 Å². The number of nitrogens with zero attached hydrogens (tertiary/aromatic N) is 2. The molecule has 1 saturated heterocycles. The molecule has 0 saturated carbocycles. The van der Waals surface area contributed by atoms with Gasteiger partial charge in [0.05, 0.1) is 11.4 Å². The van der Waals surface area contributed by atoms with Crippen molar-refractivity contribution in [3.8, 4) is 0 Å². The highest BCUT2D eigenvalue weighted by Gasteiger charge is 2.17. The lowest BCUT2D eigenvalue weighted by Crippen LogP contribution is -2.45. The normalized spacial score (nSPS) is 14.9. The number of hydrogen-bond donors (Lipinski definition) is 2. The van der Waals surface area contributed by atoms with Crippen LogP contribution in [0.3, 0.4) is 0 Å². The number of piperazine rings is 1. The van der Waals surface area contributed by atoms with Crippen molar-refractivity contribution in [3.05, 3.63) is 65.2 Å². The Hall–Kier alpha value is -2.41. The third-order valence-electron chi connectivity index (χ3n) is 4.53. The van der Waals surface area contributed by atoms with Gasteiger partial charge in [-0.15, -0.1) is 0 Å². The summed E-state index contributed by atoms with van der Waals surface area (Å²) in [7, 11) is 2.13. The fraction of sp³-hybridized carbons (Fsp3) is 0.238. The molecule has 0 aliphatic carbocycles. The highest BCUT2D eigenvalue weighted by molar-refractivity contribution is 7.80. The molecular weight excluding hydrogens is 392 g/mol. The minimum Gasteiger partial charge on any atom is -0.367 e. The van der Waals surface area contributed by atoms with Gasteiger partial charge in [-0.2, -0.15) is 0 Å². The second kappa shape index (κ2) is 9.68. The van der Waals surface area contributed by atoms with E-state index in [2.05, 4.69) is 33.5 Å². The van der Waals surface area contributed by atoms with Crippen molar-refractivity contribution in [3.63, 3.8) is 0 Å². The van der Waals surface area contributed by atoms with E-state index in [1.807, 2.05) is 30.3 Å². The van der Waals surface area contributed by atoms with Crippen molar-refractivity contribution < 1.29 is 4.79 Å². The second-order valence-electron chi connectivity index (χ2n) is 6.64. The Kier molecular flexibility index (Phi) is 7.03. The van der Waals surface area contributed by atoms with Crippen LogP contribution in [0.1, 0.15) is 5.56 Å². The number of likely N-dealkylation sites (N-methyl/N-ethyl adjacent to an activating group) is 1. The first-order valence-corrected chi connectivity index (χ1v) is 9.88. The van der Waals surface area contributed by atoms with E-state index in [4.69, 9.17) is 23.8 Å². The molecule has 2 aromatic carbocycles. The average Bonchev–Trinajstić information content (AvgIpc) is 2.69. The molecule has 0 unspecified atom stereocenters. The quantitative estimate of drug-likeness (QED) is 0.591. The first kappa shape index (κ1) is 20.3. The zero-order chi connectivity index (χ0) is 19.9. The number of amides is 1. The van der Waals surface area contributed by atoms with Crippen LogP contribution in [0.4, 0.5) is 11.4 Å². The van der Waals surface area contributed by atoms with Gasteiger partial charge in [0, 0.05) is 37.3 Å². The number of anilines is 2. The maximum absolute atomic E-state index is 12.1. The van der Waals surface area contributed by atoms with E-state index < -0.39 is 0 Å². The topological polar surface area (TPSA) is 47.6 Å². The fourth-order valence-electron chi connectivity index (χ4n) is 2.96. The van der Waals surface area contributed by atoms with Gasteiger partial charge in [0.2, 0.25) is 5.91 Å². The summed E-state index contributed by atoms with van der Waals surface area (Å²) in [6.07, 6.45) is 3.16. The smallest absolute Gasteiger partial charge is 0.250 e. The molecule has 0 spiro atoms. The molecule has 0 bridgehead atoms. The summed E-state index contributed by atoms with van der Waals surface area (Å²) >= 11 is 11.2. The van der Waals surface area contributed by atoms with Crippen LogP contribution >= 0.6 is 23.8 Å². The van der Waals surface area contributed by atoms with Crippen molar-refractivity contribution >= 4 is 52.3 Å². The number of carbonyl (C=O) groups excluding carboxylic acids is 1. The minimum absolute atomic E-state index is 0.271. The summed E-state index contributed by atoms with van der Waals surface area (Å²) in [5, 5.41) is 6.77. The standard InChI is InChI=1S/C21H23ClN4OS/c1-25-12-14-26(15-13-25)19-5-3-2-4-18(19)23-21(28)24-20(27)11-8-16-6-9-17(22)10-7-16/h2-11H,12-15H2,1H3,(H2,23,24,27,28). The zero-order valence-corrected chi connectivity index (χ0v) is 17.3. The predicted molar refractivity (Wildman–Crippen MR) is 121 cm³/mol. The minimum atomic E-state index is -0.287. The van der Waals surface area contributed by atoms with Crippen LogP contribution in [0, 0.1) is 0 Å². The number of para-hydroxylation sites is 2. The monoisotopic (exact) mass is 414 g/mol. The Bertz CT molecular complexity index is 861. The average molecular weight is 415 g/mol. The Morgan fingerprint density at radius 3 is 2.46 bits per heavy atom. The molecular formula is C21H23ClN4OS. The van der Waals surface area contributed by atoms with Gasteiger partial charge < -0.3 is 15.1 Å². The van der Waals surface area contributed by atoms with Crippen LogP contribution in [-0.2, 0) is 4.79 Å². The lowest BCUT2D eigenvalue weighted by molar-refractivity contribution is -0.115. The SMILES string of the molecule is CN1CCN(c2ccccc2NC(=S)NC(=O)C=Cc2ccc(Cl)cc2)CC1. The molecule has 2 aromatic rings. The van der Waals surface area contributed by atoms with Gasteiger partial charge in [0.25, 0.3) is 0 Å². The van der Waals surface area contributed by atoms with E-state index in [0.29, 0.717) is 5.02 Å². The van der Waals surface area contributed by atoms with Gasteiger partial charge in [0.15, 0.2) is 5.11 Å². The summed E-state index contributed by atoms with van der Waals surface area (Å²) in [6.45, 7) is 3.95. The molecule has 1 aliphatic rings. The molecule has 28 heavy (non-hydrogen) atoms. The molecule has 0 radical (unpaired) electrons. The number of carbonyl (C=O) groups is 1. The molecule has 0 aromatic heterocycles. The van der Waals surface area contributed by atoms with Crippen LogP contribution < -0.4 is 15.5 Å². The summed E-state index contributed by atoms with van der Waals surface area (Å²) in [6, 6.07) is 15.2. The molecule has 1 aliphatic heterocycles. The van der Waals surface area contributed by atoms with Gasteiger partial charge >= 0.3 is 0 Å². The fourth-order valence-corrected chi connectivity index (χ4v) is 3.29. The Morgan fingerprint density at radius 2 is 1.75 bits per heavy atom. The van der Waals surface area contributed by atoms with E-state index in [-0.39, 0.29) is 11.0 Å². The number of rotatable bonds is 4. The largest absolute Gasteiger partial charge is 0.367 e. The summed E-state index contributed by atoms with van der Waals surface area (Å²) in [5.74, 6) is -0.287. The number of nitrogens with one attached hydrogen (secondary N) is 2. The van der Waals surface area contributed by atoms with Gasteiger partial charge in [-0.1, -0.05) is 35.9 Å². The molecule has 5 nitrogen and oxygen atoms in total. The molecule has 2 N–H and O–H groups in total. The molecule has 7 heteroatoms. The van der Waals surface area contributed by atoms with E-state index in [0.717, 1.165) is 43.1 Å². The molecule has 1 fully saturated rings. The van der Waals surface area contributed by atoms with E-state index in [9.17, 15) is 4.79 Å². The maximum Gasteiger partial charge on any atom is 0.250 e. The van der Waals surface area contributed by atoms with E-state index in [1.54, 1.807) is 18.2 Å². The van der Waals surface area contributed by atoms with Gasteiger partial charge in [0.1, 0.15) is 0 Å². The summed E-state index contributed by atoms with van der Waals surface area (Å²) in [5.41, 5.74) is 2.86. The van der Waals surface area contributed by atoms with Crippen molar-refractivity contribution in [1.82, 2.24) is 10.2 Å². The Balaban J connectivity index is 1.59. The van der Waals surface area contributed by atoms with Crippen molar-refractivity contribution in [2.45, 2.75) is 0 Å². The number of hydrogen-bond acceptors (Lipinski definition) is 4. The van der Waals surface area contributed by atoms with Gasteiger partial charge in [-0.05, 0) is 55.2 Å². The van der Waals surface area contributed by atoms with Gasteiger partial charge in [-0.3, -0.25) is 10.1 Å². The molecule has 146 valence electrons. The first-order chi connectivity index (χ1) is 13.5. The summed E-state index contributed by atoms with van der Waals surface area (Å²) in [4.78, 5) is 16.8. The highest BCUT2D eigenvalue weighted by atomic mass is 35.5. The molecule has 1 amide bonds. The van der Waals surface area contributed by atoms with E-state index in [1.165, 1.54) is 6.08 Å². The Labute approximate surface area is 176 Å². The first-order valence-electron chi connectivity index (χ1n) is 9.09. The van der Waals surface area contributed by atoms with Crippen molar-refractivity contribution in [2.75, 3.05) is 43.4 Å². The molecule has 3 rings (SSSR count). The number of benzene rings is 2. The maximum atomic E-state index is 12.1. The highest BCUT2D eigenvalue weighted by Crippen LogP contribution is 2.26. The van der Waals surface area contributed by atoms with Crippen molar-refractivity contribution in [2.24, 2.45) is 0 Å². The van der Waals surface area contributed by atoms with Gasteiger partial charge in [-0.25, -0.2) is 0 Å².